The number of benzene rings is 1. The maximum Gasteiger partial charge on any atom is 0.232 e. The molecule has 0 radical (unpaired) electrons. The van der Waals surface area contributed by atoms with E-state index < -0.39 is 0 Å². The largest absolute Gasteiger partial charge is 0.352 e. The molecule has 8 heteroatoms. The normalized spacial score (nSPS) is 12.2. The Balaban J connectivity index is 1.57. The Labute approximate surface area is 165 Å². The van der Waals surface area contributed by atoms with E-state index in [1.54, 1.807) is 13.2 Å². The zero-order chi connectivity index (χ0) is 20.0. The Morgan fingerprint density at radius 2 is 1.86 bits per heavy atom. The molecule has 0 amide bonds. The fourth-order valence-electron chi connectivity index (χ4n) is 2.65. The van der Waals surface area contributed by atoms with Crippen molar-refractivity contribution in [1.29, 1.82) is 0 Å². The maximum atomic E-state index is 5.32. The number of nitrogens with zero attached hydrogens (tertiary/aromatic N) is 5. The van der Waals surface area contributed by atoms with Gasteiger partial charge in [0, 0.05) is 31.4 Å². The van der Waals surface area contributed by atoms with Crippen LogP contribution in [0.25, 0.3) is 0 Å². The third kappa shape index (κ3) is 5.18. The number of hydrogen-bond donors (Lipinski definition) is 2. The van der Waals surface area contributed by atoms with Gasteiger partial charge >= 0.3 is 0 Å². The molecule has 0 aliphatic rings. The lowest BCUT2D eigenvalue weighted by Crippen LogP contribution is -2.36. The van der Waals surface area contributed by atoms with E-state index in [0.717, 1.165) is 6.54 Å². The van der Waals surface area contributed by atoms with E-state index in [0.29, 0.717) is 30.8 Å². The lowest BCUT2D eigenvalue weighted by atomic mass is 9.97. The number of rotatable bonds is 6. The van der Waals surface area contributed by atoms with Gasteiger partial charge in [-0.15, -0.1) is 0 Å². The molecule has 148 valence electrons. The molecule has 0 fully saturated rings. The lowest BCUT2D eigenvalue weighted by Gasteiger charge is -2.14. The molecule has 3 rings (SSSR count). The van der Waals surface area contributed by atoms with Gasteiger partial charge in [-0.2, -0.15) is 10.1 Å². The molecule has 2 aromatic heterocycles. The van der Waals surface area contributed by atoms with Gasteiger partial charge in [0.15, 0.2) is 11.8 Å². The number of aliphatic imine (C=N–C) groups is 1. The Morgan fingerprint density at radius 1 is 1.11 bits per heavy atom. The summed E-state index contributed by atoms with van der Waals surface area (Å²) in [5, 5.41) is 14.9. The summed E-state index contributed by atoms with van der Waals surface area (Å²) in [6.45, 7) is 7.94. The lowest BCUT2D eigenvalue weighted by molar-refractivity contribution is 0.318. The first-order valence-corrected chi connectivity index (χ1v) is 9.27. The molecule has 2 N–H and O–H groups in total. The van der Waals surface area contributed by atoms with Crippen molar-refractivity contribution in [3.05, 3.63) is 65.6 Å². The number of nitrogens with one attached hydrogen (secondary N) is 2. The molecule has 1 aromatic carbocycles. The van der Waals surface area contributed by atoms with Crippen LogP contribution in [0.15, 0.2) is 52.2 Å². The van der Waals surface area contributed by atoms with Crippen LogP contribution in [0.2, 0.25) is 0 Å². The Bertz CT molecular complexity index is 907. The summed E-state index contributed by atoms with van der Waals surface area (Å²) in [5.41, 5.74) is 2.24. The molecule has 3 aromatic rings. The highest BCUT2D eigenvalue weighted by atomic mass is 16.5. The molecule has 0 saturated carbocycles. The molecular weight excluding hydrogens is 354 g/mol. The summed E-state index contributed by atoms with van der Waals surface area (Å²) in [6.07, 6.45) is 3.75. The van der Waals surface area contributed by atoms with Crippen molar-refractivity contribution < 1.29 is 4.52 Å². The summed E-state index contributed by atoms with van der Waals surface area (Å²) in [7, 11) is 1.74. The van der Waals surface area contributed by atoms with Crippen LogP contribution in [0.3, 0.4) is 0 Å². The van der Waals surface area contributed by atoms with E-state index in [1.807, 2.05) is 49.8 Å². The van der Waals surface area contributed by atoms with Crippen molar-refractivity contribution in [2.75, 3.05) is 7.05 Å². The van der Waals surface area contributed by atoms with Crippen LogP contribution in [-0.4, -0.2) is 32.9 Å². The standard InChI is InChI=1S/C20H27N7O/c1-20(2,3)18-25-17(26-28-18)13-23-19(21-4)22-12-15-8-5-6-9-16(15)14-27-11-7-10-24-27/h5-11H,12-14H2,1-4H3,(H2,21,22,23). The third-order valence-electron chi connectivity index (χ3n) is 4.20. The second-order valence-corrected chi connectivity index (χ2v) is 7.52. The second-order valence-electron chi connectivity index (χ2n) is 7.52. The molecule has 8 nitrogen and oxygen atoms in total. The summed E-state index contributed by atoms with van der Waals surface area (Å²) >= 11 is 0. The minimum Gasteiger partial charge on any atom is -0.352 e. The van der Waals surface area contributed by atoms with Crippen molar-refractivity contribution in [3.8, 4) is 0 Å². The summed E-state index contributed by atoms with van der Waals surface area (Å²) in [5.74, 6) is 1.91. The van der Waals surface area contributed by atoms with Crippen molar-refractivity contribution >= 4 is 5.96 Å². The van der Waals surface area contributed by atoms with E-state index in [-0.39, 0.29) is 5.41 Å². The van der Waals surface area contributed by atoms with Crippen molar-refractivity contribution in [3.63, 3.8) is 0 Å². The van der Waals surface area contributed by atoms with Crippen LogP contribution < -0.4 is 10.6 Å². The zero-order valence-corrected chi connectivity index (χ0v) is 16.8. The fraction of sp³-hybridized carbons (Fsp3) is 0.400. The summed E-state index contributed by atoms with van der Waals surface area (Å²) < 4.78 is 7.23. The minimum absolute atomic E-state index is 0.163. The highest BCUT2D eigenvalue weighted by Gasteiger charge is 2.21. The van der Waals surface area contributed by atoms with Gasteiger partial charge in [-0.3, -0.25) is 9.67 Å². The van der Waals surface area contributed by atoms with Crippen molar-refractivity contribution in [2.24, 2.45) is 4.99 Å². The average Bonchev–Trinajstić information content (AvgIpc) is 3.34. The fourth-order valence-corrected chi connectivity index (χ4v) is 2.65. The van der Waals surface area contributed by atoms with Crippen LogP contribution in [0.1, 0.15) is 43.6 Å². The highest BCUT2D eigenvalue weighted by molar-refractivity contribution is 5.79. The molecule has 0 aliphatic carbocycles. The van der Waals surface area contributed by atoms with Crippen LogP contribution in [0, 0.1) is 0 Å². The van der Waals surface area contributed by atoms with Crippen LogP contribution in [0.5, 0.6) is 0 Å². The van der Waals surface area contributed by atoms with Crippen LogP contribution in [-0.2, 0) is 25.0 Å². The first kappa shape index (κ1) is 19.6. The Kier molecular flexibility index (Phi) is 6.08. The van der Waals surface area contributed by atoms with Gasteiger partial charge in [-0.25, -0.2) is 0 Å². The topological polar surface area (TPSA) is 93.2 Å². The van der Waals surface area contributed by atoms with Gasteiger partial charge in [0.1, 0.15) is 0 Å². The van der Waals surface area contributed by atoms with Crippen molar-refractivity contribution in [1.82, 2.24) is 30.6 Å². The monoisotopic (exact) mass is 381 g/mol. The number of hydrogen-bond acceptors (Lipinski definition) is 5. The Morgan fingerprint density at radius 3 is 2.50 bits per heavy atom. The molecular formula is C20H27N7O. The highest BCUT2D eigenvalue weighted by Crippen LogP contribution is 2.19. The van der Waals surface area contributed by atoms with Gasteiger partial charge in [0.2, 0.25) is 5.89 Å². The molecule has 28 heavy (non-hydrogen) atoms. The molecule has 0 saturated heterocycles. The maximum absolute atomic E-state index is 5.32. The third-order valence-corrected chi connectivity index (χ3v) is 4.20. The quantitative estimate of drug-likeness (QED) is 0.503. The van der Waals surface area contributed by atoms with E-state index in [4.69, 9.17) is 4.52 Å². The van der Waals surface area contributed by atoms with E-state index in [1.165, 1.54) is 11.1 Å². The first-order chi connectivity index (χ1) is 13.5. The van der Waals surface area contributed by atoms with Gasteiger partial charge in [-0.1, -0.05) is 50.2 Å². The zero-order valence-electron chi connectivity index (χ0n) is 16.8. The Hall–Kier alpha value is -3.16. The van der Waals surface area contributed by atoms with E-state index >= 15 is 0 Å². The molecule has 0 atom stereocenters. The van der Waals surface area contributed by atoms with Gasteiger partial charge in [-0.05, 0) is 17.2 Å². The number of guanidine groups is 1. The van der Waals surface area contributed by atoms with Gasteiger partial charge < -0.3 is 15.2 Å². The first-order valence-electron chi connectivity index (χ1n) is 9.27. The smallest absolute Gasteiger partial charge is 0.232 e. The van der Waals surface area contributed by atoms with E-state index in [2.05, 4.69) is 43.0 Å². The predicted octanol–water partition coefficient (Wildman–Crippen LogP) is 2.48. The van der Waals surface area contributed by atoms with Crippen LogP contribution >= 0.6 is 0 Å². The van der Waals surface area contributed by atoms with Crippen molar-refractivity contribution in [2.45, 2.75) is 45.8 Å². The number of aromatic nitrogens is 4. The predicted molar refractivity (Wildman–Crippen MR) is 108 cm³/mol. The molecule has 0 bridgehead atoms. The molecule has 0 aliphatic heterocycles. The van der Waals surface area contributed by atoms with Crippen LogP contribution in [0.4, 0.5) is 0 Å². The average molecular weight is 381 g/mol. The summed E-state index contributed by atoms with van der Waals surface area (Å²) in [6, 6.07) is 10.2. The summed E-state index contributed by atoms with van der Waals surface area (Å²) in [4.78, 5) is 8.70. The molecule has 0 spiro atoms. The minimum atomic E-state index is -0.163. The van der Waals surface area contributed by atoms with Gasteiger partial charge in [0.05, 0.1) is 13.1 Å². The second kappa shape index (κ2) is 8.69. The SMILES string of the molecule is CN=C(NCc1noc(C(C)(C)C)n1)NCc1ccccc1Cn1cccn1. The molecule has 2 heterocycles. The molecule has 0 unspecified atom stereocenters. The van der Waals surface area contributed by atoms with Gasteiger partial charge in [0.25, 0.3) is 0 Å². The van der Waals surface area contributed by atoms with E-state index in [9.17, 15) is 0 Å².